The van der Waals surface area contributed by atoms with Crippen molar-refractivity contribution in [3.8, 4) is 5.75 Å². The van der Waals surface area contributed by atoms with Crippen molar-refractivity contribution in [3.05, 3.63) is 29.8 Å². The van der Waals surface area contributed by atoms with Gasteiger partial charge in [-0.05, 0) is 37.5 Å². The van der Waals surface area contributed by atoms with Gasteiger partial charge in [-0.2, -0.15) is 0 Å². The second-order valence-electron chi connectivity index (χ2n) is 4.99. The van der Waals surface area contributed by atoms with Crippen molar-refractivity contribution in [1.82, 2.24) is 0 Å². The van der Waals surface area contributed by atoms with Gasteiger partial charge in [0.2, 0.25) is 0 Å². The first kappa shape index (κ1) is 15.5. The number of carboxylic acids is 1. The van der Waals surface area contributed by atoms with Gasteiger partial charge in [0.1, 0.15) is 12.4 Å². The maximum absolute atomic E-state index is 10.8. The number of hydrogen-bond acceptors (Lipinski definition) is 3. The Labute approximate surface area is 114 Å². The van der Waals surface area contributed by atoms with E-state index in [-0.39, 0.29) is 11.7 Å². The lowest BCUT2D eigenvalue weighted by atomic mass is 10.1. The molecule has 0 heterocycles. The molecule has 4 nitrogen and oxygen atoms in total. The summed E-state index contributed by atoms with van der Waals surface area (Å²) >= 11 is 0. The lowest BCUT2D eigenvalue weighted by Crippen LogP contribution is -2.16. The third-order valence-corrected chi connectivity index (χ3v) is 2.64. The maximum Gasteiger partial charge on any atom is 0.335 e. The van der Waals surface area contributed by atoms with Crippen LogP contribution in [0.15, 0.2) is 24.3 Å². The van der Waals surface area contributed by atoms with Crippen LogP contribution in [-0.4, -0.2) is 30.4 Å². The van der Waals surface area contributed by atoms with Crippen LogP contribution in [0.2, 0.25) is 0 Å². The van der Waals surface area contributed by atoms with Crippen LogP contribution in [0.5, 0.6) is 5.75 Å². The molecular weight excluding hydrogens is 244 g/mol. The summed E-state index contributed by atoms with van der Waals surface area (Å²) in [5.74, 6) is 0.218. The van der Waals surface area contributed by atoms with Crippen LogP contribution < -0.4 is 4.74 Å². The molecule has 1 N–H and O–H groups in total. The second kappa shape index (κ2) is 7.79. The Morgan fingerprint density at radius 3 is 2.63 bits per heavy atom. The largest absolute Gasteiger partial charge is 0.491 e. The van der Waals surface area contributed by atoms with E-state index in [2.05, 4.69) is 13.8 Å². The molecule has 1 rings (SSSR count). The zero-order valence-corrected chi connectivity index (χ0v) is 11.8. The van der Waals surface area contributed by atoms with E-state index in [0.29, 0.717) is 24.9 Å². The van der Waals surface area contributed by atoms with E-state index < -0.39 is 5.97 Å². The van der Waals surface area contributed by atoms with E-state index in [1.54, 1.807) is 12.1 Å². The molecule has 1 aromatic rings. The Morgan fingerprint density at radius 1 is 1.26 bits per heavy atom. The summed E-state index contributed by atoms with van der Waals surface area (Å²) in [5.41, 5.74) is 0.228. The van der Waals surface area contributed by atoms with Crippen LogP contribution in [0.1, 0.15) is 37.6 Å². The summed E-state index contributed by atoms with van der Waals surface area (Å²) in [7, 11) is 0. The Kier molecular flexibility index (Phi) is 6.36. The highest BCUT2D eigenvalue weighted by Gasteiger charge is 2.06. The summed E-state index contributed by atoms with van der Waals surface area (Å²) in [4.78, 5) is 10.8. The van der Waals surface area contributed by atoms with E-state index in [1.807, 2.05) is 6.92 Å². The van der Waals surface area contributed by atoms with Crippen LogP contribution in [0.4, 0.5) is 0 Å². The predicted molar refractivity (Wildman–Crippen MR) is 73.8 cm³/mol. The fourth-order valence-corrected chi connectivity index (χ4v) is 1.86. The quantitative estimate of drug-likeness (QED) is 0.734. The smallest absolute Gasteiger partial charge is 0.335 e. The van der Waals surface area contributed by atoms with E-state index in [0.717, 1.165) is 6.42 Å². The molecule has 0 aromatic heterocycles. The van der Waals surface area contributed by atoms with Crippen LogP contribution in [0.3, 0.4) is 0 Å². The zero-order valence-electron chi connectivity index (χ0n) is 11.8. The van der Waals surface area contributed by atoms with Gasteiger partial charge >= 0.3 is 5.97 Å². The molecule has 106 valence electrons. The molecule has 0 aliphatic rings. The maximum atomic E-state index is 10.8. The normalized spacial score (nSPS) is 12.4. The van der Waals surface area contributed by atoms with Gasteiger partial charge in [0.05, 0.1) is 18.3 Å². The van der Waals surface area contributed by atoms with Crippen LogP contribution in [-0.2, 0) is 4.74 Å². The molecule has 4 heteroatoms. The number of carboxylic acid groups (broad SMARTS) is 1. The fourth-order valence-electron chi connectivity index (χ4n) is 1.86. The Hall–Kier alpha value is -1.55. The number of aromatic carboxylic acids is 1. The predicted octanol–water partition coefficient (Wildman–Crippen LogP) is 3.21. The molecule has 0 amide bonds. The number of ether oxygens (including phenoxy) is 2. The average Bonchev–Trinajstić information content (AvgIpc) is 2.34. The minimum Gasteiger partial charge on any atom is -0.491 e. The topological polar surface area (TPSA) is 55.8 Å². The molecule has 19 heavy (non-hydrogen) atoms. The third kappa shape index (κ3) is 6.25. The molecule has 1 aromatic carbocycles. The molecule has 0 saturated carbocycles. The lowest BCUT2D eigenvalue weighted by molar-refractivity contribution is 0.0331. The highest BCUT2D eigenvalue weighted by atomic mass is 16.5. The lowest BCUT2D eigenvalue weighted by Gasteiger charge is -2.15. The van der Waals surface area contributed by atoms with Gasteiger partial charge in [0.15, 0.2) is 0 Å². The summed E-state index contributed by atoms with van der Waals surface area (Å²) in [6.07, 6.45) is 1.24. The van der Waals surface area contributed by atoms with E-state index in [1.165, 1.54) is 12.1 Å². The molecule has 0 saturated heterocycles. The monoisotopic (exact) mass is 266 g/mol. The molecule has 0 fully saturated rings. The molecule has 1 atom stereocenters. The van der Waals surface area contributed by atoms with Crippen molar-refractivity contribution in [2.45, 2.75) is 33.3 Å². The summed E-state index contributed by atoms with van der Waals surface area (Å²) in [5, 5.41) is 8.86. The summed E-state index contributed by atoms with van der Waals surface area (Å²) < 4.78 is 11.1. The highest BCUT2D eigenvalue weighted by molar-refractivity contribution is 5.87. The van der Waals surface area contributed by atoms with Crippen LogP contribution >= 0.6 is 0 Å². The molecule has 0 radical (unpaired) electrons. The second-order valence-corrected chi connectivity index (χ2v) is 4.99. The van der Waals surface area contributed by atoms with Crippen molar-refractivity contribution in [2.75, 3.05) is 13.2 Å². The molecule has 0 aliphatic heterocycles. The number of carbonyl (C=O) groups is 1. The minimum atomic E-state index is -0.952. The van der Waals surface area contributed by atoms with Gasteiger partial charge in [-0.3, -0.25) is 0 Å². The number of rotatable bonds is 8. The summed E-state index contributed by atoms with van der Waals surface area (Å²) in [6, 6.07) is 6.46. The molecule has 1 unspecified atom stereocenters. The first-order chi connectivity index (χ1) is 8.99. The van der Waals surface area contributed by atoms with Gasteiger partial charge in [-0.15, -0.1) is 0 Å². The Balaban J connectivity index is 2.29. The van der Waals surface area contributed by atoms with E-state index in [9.17, 15) is 4.79 Å². The highest BCUT2D eigenvalue weighted by Crippen LogP contribution is 2.13. The van der Waals surface area contributed by atoms with Crippen molar-refractivity contribution < 1.29 is 19.4 Å². The van der Waals surface area contributed by atoms with Crippen molar-refractivity contribution in [2.24, 2.45) is 5.92 Å². The van der Waals surface area contributed by atoms with E-state index in [4.69, 9.17) is 14.6 Å². The van der Waals surface area contributed by atoms with Gasteiger partial charge in [-0.1, -0.05) is 19.9 Å². The van der Waals surface area contributed by atoms with Crippen LogP contribution in [0, 0.1) is 5.92 Å². The Morgan fingerprint density at radius 2 is 2.00 bits per heavy atom. The number of benzene rings is 1. The standard InChI is InChI=1S/C15H22O4/c1-11(2)9-12(3)18-7-8-19-14-6-4-5-13(10-14)15(16)17/h4-6,10-12H,7-9H2,1-3H3,(H,16,17). The molecular formula is C15H22O4. The van der Waals surface area contributed by atoms with Crippen molar-refractivity contribution in [3.63, 3.8) is 0 Å². The van der Waals surface area contributed by atoms with Gasteiger partial charge in [-0.25, -0.2) is 4.79 Å². The SMILES string of the molecule is CC(C)CC(C)OCCOc1cccc(C(=O)O)c1. The molecule has 0 bridgehead atoms. The van der Waals surface area contributed by atoms with Gasteiger partial charge in [0.25, 0.3) is 0 Å². The van der Waals surface area contributed by atoms with E-state index >= 15 is 0 Å². The van der Waals surface area contributed by atoms with Crippen molar-refractivity contribution in [1.29, 1.82) is 0 Å². The zero-order chi connectivity index (χ0) is 14.3. The molecule has 0 spiro atoms. The van der Waals surface area contributed by atoms with Crippen LogP contribution in [0.25, 0.3) is 0 Å². The minimum absolute atomic E-state index is 0.217. The summed E-state index contributed by atoms with van der Waals surface area (Å²) in [6.45, 7) is 7.29. The van der Waals surface area contributed by atoms with Crippen molar-refractivity contribution >= 4 is 5.97 Å². The number of hydrogen-bond donors (Lipinski definition) is 1. The Bertz CT molecular complexity index is 401. The fraction of sp³-hybridized carbons (Fsp3) is 0.533. The van der Waals surface area contributed by atoms with Gasteiger partial charge in [0, 0.05) is 0 Å². The molecule has 0 aliphatic carbocycles. The van der Waals surface area contributed by atoms with Gasteiger partial charge < -0.3 is 14.6 Å². The average molecular weight is 266 g/mol. The third-order valence-electron chi connectivity index (χ3n) is 2.64. The first-order valence-corrected chi connectivity index (χ1v) is 6.56. The first-order valence-electron chi connectivity index (χ1n) is 6.56.